The Hall–Kier alpha value is -1.84. The molecule has 0 saturated carbocycles. The monoisotopic (exact) mass is 330 g/mol. The first-order chi connectivity index (χ1) is 11.0. The number of oxazole rings is 1. The van der Waals surface area contributed by atoms with Gasteiger partial charge in [0.2, 0.25) is 5.91 Å². The van der Waals surface area contributed by atoms with Crippen LogP contribution in [-0.2, 0) is 11.2 Å². The molecular weight excluding hydrogens is 300 g/mol. The molecule has 0 spiro atoms. The van der Waals surface area contributed by atoms with Crippen LogP contribution in [0.2, 0.25) is 0 Å². The van der Waals surface area contributed by atoms with Crippen LogP contribution >= 0.6 is 0 Å². The van der Waals surface area contributed by atoms with E-state index in [-0.39, 0.29) is 16.9 Å². The normalized spacial score (nSPS) is 12.6. The van der Waals surface area contributed by atoms with E-state index >= 15 is 0 Å². The SMILES string of the molecule is Cc1ccc2oc(CCCC(=O)NC(C)(C)CC(C)(C)C)nc2c1. The molecule has 0 saturated heterocycles. The van der Waals surface area contributed by atoms with Crippen LogP contribution in [0.1, 0.15) is 65.3 Å². The van der Waals surface area contributed by atoms with Crippen molar-refractivity contribution in [2.45, 2.75) is 72.8 Å². The van der Waals surface area contributed by atoms with Gasteiger partial charge >= 0.3 is 0 Å². The number of carbonyl (C=O) groups excluding carboxylic acids is 1. The third-order valence-electron chi connectivity index (χ3n) is 3.83. The summed E-state index contributed by atoms with van der Waals surface area (Å²) in [6.07, 6.45) is 2.85. The average Bonchev–Trinajstić information content (AvgIpc) is 2.76. The van der Waals surface area contributed by atoms with E-state index in [2.05, 4.69) is 44.9 Å². The summed E-state index contributed by atoms with van der Waals surface area (Å²) in [5.41, 5.74) is 2.87. The molecule has 1 heterocycles. The summed E-state index contributed by atoms with van der Waals surface area (Å²) in [5, 5.41) is 3.14. The molecule has 132 valence electrons. The van der Waals surface area contributed by atoms with Crippen molar-refractivity contribution >= 4 is 17.0 Å². The Morgan fingerprint density at radius 2 is 1.92 bits per heavy atom. The minimum atomic E-state index is -0.190. The summed E-state index contributed by atoms with van der Waals surface area (Å²) in [7, 11) is 0. The maximum absolute atomic E-state index is 12.2. The highest BCUT2D eigenvalue weighted by molar-refractivity contribution is 5.76. The summed E-state index contributed by atoms with van der Waals surface area (Å²) in [6, 6.07) is 5.98. The third-order valence-corrected chi connectivity index (χ3v) is 3.83. The third kappa shape index (κ3) is 5.66. The molecule has 2 aromatic rings. The van der Waals surface area contributed by atoms with Crippen LogP contribution in [0.25, 0.3) is 11.1 Å². The molecular formula is C20H30N2O2. The first kappa shape index (κ1) is 18.5. The standard InChI is InChI=1S/C20H30N2O2/c1-14-10-11-16-15(12-14)21-18(24-16)9-7-8-17(23)22-20(5,6)13-19(2,3)4/h10-12H,7-9,13H2,1-6H3,(H,22,23). The van der Waals surface area contributed by atoms with Gasteiger partial charge in [-0.15, -0.1) is 0 Å². The largest absolute Gasteiger partial charge is 0.441 e. The topological polar surface area (TPSA) is 55.1 Å². The lowest BCUT2D eigenvalue weighted by molar-refractivity contribution is -0.123. The summed E-state index contributed by atoms with van der Waals surface area (Å²) in [5.74, 6) is 0.800. The summed E-state index contributed by atoms with van der Waals surface area (Å²) < 4.78 is 5.73. The van der Waals surface area contributed by atoms with Crippen LogP contribution in [0.3, 0.4) is 0 Å². The second kappa shape index (κ2) is 6.96. The van der Waals surface area contributed by atoms with Gasteiger partial charge in [0.05, 0.1) is 0 Å². The van der Waals surface area contributed by atoms with Crippen LogP contribution < -0.4 is 5.32 Å². The molecule has 0 unspecified atom stereocenters. The number of aryl methyl sites for hydroxylation is 2. The zero-order valence-corrected chi connectivity index (χ0v) is 15.8. The number of hydrogen-bond acceptors (Lipinski definition) is 3. The molecule has 1 amide bonds. The predicted octanol–water partition coefficient (Wildman–Crippen LogP) is 4.79. The quantitative estimate of drug-likeness (QED) is 0.828. The van der Waals surface area contributed by atoms with Gasteiger partial charge in [-0.25, -0.2) is 4.98 Å². The van der Waals surface area contributed by atoms with Gasteiger partial charge in [0, 0.05) is 18.4 Å². The number of carbonyl (C=O) groups is 1. The number of aromatic nitrogens is 1. The molecule has 1 aromatic carbocycles. The van der Waals surface area contributed by atoms with E-state index < -0.39 is 0 Å². The Labute approximate surface area is 145 Å². The predicted molar refractivity (Wildman–Crippen MR) is 98.0 cm³/mol. The molecule has 4 nitrogen and oxygen atoms in total. The fourth-order valence-corrected chi connectivity index (χ4v) is 3.40. The molecule has 0 aliphatic carbocycles. The maximum Gasteiger partial charge on any atom is 0.220 e. The van der Waals surface area contributed by atoms with Crippen molar-refractivity contribution in [1.29, 1.82) is 0 Å². The lowest BCUT2D eigenvalue weighted by Crippen LogP contribution is -2.45. The van der Waals surface area contributed by atoms with E-state index in [9.17, 15) is 4.79 Å². The average molecular weight is 330 g/mol. The van der Waals surface area contributed by atoms with E-state index in [4.69, 9.17) is 4.42 Å². The first-order valence-corrected chi connectivity index (χ1v) is 8.71. The summed E-state index contributed by atoms with van der Waals surface area (Å²) >= 11 is 0. The van der Waals surface area contributed by atoms with Crippen molar-refractivity contribution in [3.05, 3.63) is 29.7 Å². The van der Waals surface area contributed by atoms with Crippen molar-refractivity contribution in [2.75, 3.05) is 0 Å². The Morgan fingerprint density at radius 3 is 2.58 bits per heavy atom. The van der Waals surface area contributed by atoms with Crippen molar-refractivity contribution in [3.63, 3.8) is 0 Å². The van der Waals surface area contributed by atoms with Crippen molar-refractivity contribution in [1.82, 2.24) is 10.3 Å². The van der Waals surface area contributed by atoms with Crippen LogP contribution in [-0.4, -0.2) is 16.4 Å². The molecule has 4 heteroatoms. The lowest BCUT2D eigenvalue weighted by atomic mass is 9.82. The summed E-state index contributed by atoms with van der Waals surface area (Å²) in [4.78, 5) is 16.7. The second-order valence-corrected chi connectivity index (χ2v) is 8.60. The minimum absolute atomic E-state index is 0.0937. The van der Waals surface area contributed by atoms with E-state index in [0.717, 1.165) is 23.9 Å². The Morgan fingerprint density at radius 1 is 1.21 bits per heavy atom. The first-order valence-electron chi connectivity index (χ1n) is 8.71. The Kier molecular flexibility index (Phi) is 5.36. The van der Waals surface area contributed by atoms with Gasteiger partial charge in [0.1, 0.15) is 5.52 Å². The van der Waals surface area contributed by atoms with E-state index in [1.54, 1.807) is 0 Å². The van der Waals surface area contributed by atoms with Gasteiger partial charge in [-0.05, 0) is 56.7 Å². The van der Waals surface area contributed by atoms with E-state index in [0.29, 0.717) is 18.7 Å². The van der Waals surface area contributed by atoms with Crippen LogP contribution in [0.4, 0.5) is 0 Å². The fourth-order valence-electron chi connectivity index (χ4n) is 3.40. The fraction of sp³-hybridized carbons (Fsp3) is 0.600. The molecule has 2 rings (SSSR count). The van der Waals surface area contributed by atoms with E-state index in [1.807, 2.05) is 25.1 Å². The molecule has 0 atom stereocenters. The lowest BCUT2D eigenvalue weighted by Gasteiger charge is -2.33. The molecule has 0 aliphatic rings. The molecule has 1 aromatic heterocycles. The number of amides is 1. The van der Waals surface area contributed by atoms with Crippen LogP contribution in [0.5, 0.6) is 0 Å². The Balaban J connectivity index is 1.83. The van der Waals surface area contributed by atoms with Gasteiger partial charge in [-0.2, -0.15) is 0 Å². The zero-order valence-electron chi connectivity index (χ0n) is 15.8. The molecule has 0 fully saturated rings. The highest BCUT2D eigenvalue weighted by Gasteiger charge is 2.26. The highest BCUT2D eigenvalue weighted by Crippen LogP contribution is 2.27. The molecule has 0 aliphatic heterocycles. The zero-order chi connectivity index (χ0) is 18.0. The number of nitrogens with one attached hydrogen (secondary N) is 1. The molecule has 0 bridgehead atoms. The number of hydrogen-bond donors (Lipinski definition) is 1. The van der Waals surface area contributed by atoms with Gasteiger partial charge in [0.15, 0.2) is 11.5 Å². The maximum atomic E-state index is 12.2. The molecule has 0 radical (unpaired) electrons. The molecule has 24 heavy (non-hydrogen) atoms. The van der Waals surface area contributed by atoms with Crippen LogP contribution in [0.15, 0.2) is 22.6 Å². The number of rotatable bonds is 6. The molecule has 1 N–H and O–H groups in total. The van der Waals surface area contributed by atoms with Crippen molar-refractivity contribution in [3.8, 4) is 0 Å². The Bertz CT molecular complexity index is 708. The van der Waals surface area contributed by atoms with Gasteiger partial charge in [0.25, 0.3) is 0 Å². The number of nitrogens with zero attached hydrogens (tertiary/aromatic N) is 1. The van der Waals surface area contributed by atoms with E-state index in [1.165, 1.54) is 5.56 Å². The number of fused-ring (bicyclic) bond motifs is 1. The smallest absolute Gasteiger partial charge is 0.220 e. The summed E-state index contributed by atoms with van der Waals surface area (Å²) in [6.45, 7) is 12.8. The second-order valence-electron chi connectivity index (χ2n) is 8.60. The van der Waals surface area contributed by atoms with Gasteiger partial charge in [-0.3, -0.25) is 4.79 Å². The van der Waals surface area contributed by atoms with Crippen LogP contribution in [0, 0.1) is 12.3 Å². The highest BCUT2D eigenvalue weighted by atomic mass is 16.3. The number of benzene rings is 1. The minimum Gasteiger partial charge on any atom is -0.441 e. The van der Waals surface area contributed by atoms with Crippen molar-refractivity contribution < 1.29 is 9.21 Å². The van der Waals surface area contributed by atoms with Gasteiger partial charge < -0.3 is 9.73 Å². The van der Waals surface area contributed by atoms with Gasteiger partial charge in [-0.1, -0.05) is 26.8 Å². The van der Waals surface area contributed by atoms with Crippen molar-refractivity contribution in [2.24, 2.45) is 5.41 Å².